The van der Waals surface area contributed by atoms with Crippen LogP contribution in [0.3, 0.4) is 0 Å². The molecule has 0 fully saturated rings. The highest BCUT2D eigenvalue weighted by Gasteiger charge is 2.18. The average Bonchev–Trinajstić information content (AvgIpc) is 2.17. The number of hydrogen-bond acceptors (Lipinski definition) is 2. The SMILES string of the molecule is CCCNCCCC(C)OC(C)(C)CC. The molecule has 0 spiro atoms. The monoisotopic (exact) mass is 215 g/mol. The van der Waals surface area contributed by atoms with E-state index < -0.39 is 0 Å². The lowest BCUT2D eigenvalue weighted by atomic mass is 10.1. The Morgan fingerprint density at radius 2 is 1.87 bits per heavy atom. The van der Waals surface area contributed by atoms with Crippen LogP contribution in [0.25, 0.3) is 0 Å². The molecule has 0 aliphatic heterocycles. The van der Waals surface area contributed by atoms with Gasteiger partial charge in [0.25, 0.3) is 0 Å². The standard InChI is InChI=1S/C13H29NO/c1-6-10-14-11-8-9-12(3)15-13(4,5)7-2/h12,14H,6-11H2,1-5H3. The summed E-state index contributed by atoms with van der Waals surface area (Å²) >= 11 is 0. The van der Waals surface area contributed by atoms with E-state index in [1.54, 1.807) is 0 Å². The van der Waals surface area contributed by atoms with E-state index in [1.165, 1.54) is 12.8 Å². The molecule has 0 heterocycles. The summed E-state index contributed by atoms with van der Waals surface area (Å²) in [5, 5.41) is 3.41. The van der Waals surface area contributed by atoms with Crippen molar-refractivity contribution in [2.75, 3.05) is 13.1 Å². The minimum atomic E-state index is 0.0380. The third-order valence-electron chi connectivity index (χ3n) is 2.76. The Morgan fingerprint density at radius 3 is 2.40 bits per heavy atom. The van der Waals surface area contributed by atoms with Crippen LogP contribution in [0, 0.1) is 0 Å². The molecule has 0 saturated carbocycles. The van der Waals surface area contributed by atoms with Gasteiger partial charge in [0.1, 0.15) is 0 Å². The molecule has 0 saturated heterocycles. The van der Waals surface area contributed by atoms with Crippen LogP contribution in [-0.4, -0.2) is 24.8 Å². The second-order valence-corrected chi connectivity index (χ2v) is 4.93. The molecule has 0 amide bonds. The highest BCUT2D eigenvalue weighted by Crippen LogP contribution is 2.18. The first-order valence-electron chi connectivity index (χ1n) is 6.40. The van der Waals surface area contributed by atoms with Gasteiger partial charge in [-0.25, -0.2) is 0 Å². The highest BCUT2D eigenvalue weighted by molar-refractivity contribution is 4.68. The molecule has 1 atom stereocenters. The van der Waals surface area contributed by atoms with E-state index in [9.17, 15) is 0 Å². The Hall–Kier alpha value is -0.0800. The van der Waals surface area contributed by atoms with Crippen molar-refractivity contribution < 1.29 is 4.74 Å². The average molecular weight is 215 g/mol. The molecule has 15 heavy (non-hydrogen) atoms. The molecule has 2 heteroatoms. The fourth-order valence-electron chi connectivity index (χ4n) is 1.50. The molecule has 0 aromatic heterocycles. The van der Waals surface area contributed by atoms with Gasteiger partial charge in [-0.3, -0.25) is 0 Å². The minimum Gasteiger partial charge on any atom is -0.373 e. The third-order valence-corrected chi connectivity index (χ3v) is 2.76. The molecular formula is C13H29NO. The van der Waals surface area contributed by atoms with Gasteiger partial charge in [-0.1, -0.05) is 13.8 Å². The lowest BCUT2D eigenvalue weighted by molar-refractivity contribution is -0.0686. The van der Waals surface area contributed by atoms with Gasteiger partial charge in [0.05, 0.1) is 11.7 Å². The van der Waals surface area contributed by atoms with Gasteiger partial charge in [0, 0.05) is 0 Å². The summed E-state index contributed by atoms with van der Waals surface area (Å²) in [7, 11) is 0. The molecule has 1 unspecified atom stereocenters. The second-order valence-electron chi connectivity index (χ2n) is 4.93. The molecule has 0 rings (SSSR count). The van der Waals surface area contributed by atoms with Crippen LogP contribution in [0.15, 0.2) is 0 Å². The van der Waals surface area contributed by atoms with Crippen LogP contribution in [0.1, 0.15) is 60.3 Å². The van der Waals surface area contributed by atoms with Crippen molar-refractivity contribution >= 4 is 0 Å². The summed E-state index contributed by atoms with van der Waals surface area (Å²) in [6, 6.07) is 0. The predicted octanol–water partition coefficient (Wildman–Crippen LogP) is 3.36. The molecule has 92 valence electrons. The van der Waals surface area contributed by atoms with Gasteiger partial charge in [-0.05, 0) is 59.5 Å². The van der Waals surface area contributed by atoms with Crippen molar-refractivity contribution in [3.63, 3.8) is 0 Å². The summed E-state index contributed by atoms with van der Waals surface area (Å²) < 4.78 is 5.97. The topological polar surface area (TPSA) is 21.3 Å². The van der Waals surface area contributed by atoms with E-state index in [1.807, 2.05) is 0 Å². The van der Waals surface area contributed by atoms with Gasteiger partial charge in [-0.15, -0.1) is 0 Å². The minimum absolute atomic E-state index is 0.0380. The van der Waals surface area contributed by atoms with Crippen molar-refractivity contribution in [2.45, 2.75) is 72.0 Å². The maximum atomic E-state index is 5.97. The second kappa shape index (κ2) is 8.12. The van der Waals surface area contributed by atoms with Crippen LogP contribution in [0.4, 0.5) is 0 Å². The van der Waals surface area contributed by atoms with Crippen LogP contribution in [0.2, 0.25) is 0 Å². The smallest absolute Gasteiger partial charge is 0.0627 e. The molecule has 1 N–H and O–H groups in total. The number of hydrogen-bond donors (Lipinski definition) is 1. The maximum Gasteiger partial charge on any atom is 0.0627 e. The normalized spacial score (nSPS) is 14.2. The maximum absolute atomic E-state index is 5.97. The summed E-state index contributed by atoms with van der Waals surface area (Å²) in [5.41, 5.74) is 0.0380. The predicted molar refractivity (Wildman–Crippen MR) is 67.3 cm³/mol. The molecule has 0 aliphatic rings. The van der Waals surface area contributed by atoms with Crippen LogP contribution in [0.5, 0.6) is 0 Å². The van der Waals surface area contributed by atoms with Crippen molar-refractivity contribution in [2.24, 2.45) is 0 Å². The Morgan fingerprint density at radius 1 is 1.20 bits per heavy atom. The fourth-order valence-corrected chi connectivity index (χ4v) is 1.50. The van der Waals surface area contributed by atoms with Crippen molar-refractivity contribution in [3.8, 4) is 0 Å². The van der Waals surface area contributed by atoms with E-state index in [4.69, 9.17) is 4.74 Å². The largest absolute Gasteiger partial charge is 0.373 e. The van der Waals surface area contributed by atoms with E-state index in [0.717, 1.165) is 25.9 Å². The van der Waals surface area contributed by atoms with Gasteiger partial charge >= 0.3 is 0 Å². The number of nitrogens with one attached hydrogen (secondary N) is 1. The quantitative estimate of drug-likeness (QED) is 0.595. The first-order chi connectivity index (χ1) is 7.02. The van der Waals surface area contributed by atoms with E-state index >= 15 is 0 Å². The van der Waals surface area contributed by atoms with Crippen molar-refractivity contribution in [1.29, 1.82) is 0 Å². The molecular weight excluding hydrogens is 186 g/mol. The molecule has 0 bridgehead atoms. The number of rotatable bonds is 9. The molecule has 2 nitrogen and oxygen atoms in total. The zero-order valence-electron chi connectivity index (χ0n) is 11.2. The Kier molecular flexibility index (Phi) is 8.07. The first kappa shape index (κ1) is 14.9. The summed E-state index contributed by atoms with van der Waals surface area (Å²) in [4.78, 5) is 0. The van der Waals surface area contributed by atoms with Crippen LogP contribution in [-0.2, 0) is 4.74 Å². The molecule has 0 aromatic rings. The lowest BCUT2D eigenvalue weighted by Gasteiger charge is -2.28. The van der Waals surface area contributed by atoms with Crippen LogP contribution >= 0.6 is 0 Å². The lowest BCUT2D eigenvalue weighted by Crippen LogP contribution is -2.29. The van der Waals surface area contributed by atoms with E-state index in [2.05, 4.69) is 39.9 Å². The van der Waals surface area contributed by atoms with Gasteiger partial charge < -0.3 is 10.1 Å². The Bertz CT molecular complexity index is 145. The van der Waals surface area contributed by atoms with Crippen LogP contribution < -0.4 is 5.32 Å². The summed E-state index contributed by atoms with van der Waals surface area (Å²) in [6.45, 7) is 13.1. The van der Waals surface area contributed by atoms with Gasteiger partial charge in [0.15, 0.2) is 0 Å². The molecule has 0 radical (unpaired) electrons. The Labute approximate surface area is 95.8 Å². The summed E-state index contributed by atoms with van der Waals surface area (Å²) in [6.07, 6.45) is 5.03. The third kappa shape index (κ3) is 8.88. The highest BCUT2D eigenvalue weighted by atomic mass is 16.5. The van der Waals surface area contributed by atoms with Gasteiger partial charge in [-0.2, -0.15) is 0 Å². The fraction of sp³-hybridized carbons (Fsp3) is 1.00. The first-order valence-corrected chi connectivity index (χ1v) is 6.40. The summed E-state index contributed by atoms with van der Waals surface area (Å²) in [5.74, 6) is 0. The van der Waals surface area contributed by atoms with E-state index in [-0.39, 0.29) is 5.60 Å². The zero-order chi connectivity index (χ0) is 11.7. The molecule has 0 aromatic carbocycles. The van der Waals surface area contributed by atoms with Crippen molar-refractivity contribution in [3.05, 3.63) is 0 Å². The van der Waals surface area contributed by atoms with Crippen molar-refractivity contribution in [1.82, 2.24) is 5.32 Å². The van der Waals surface area contributed by atoms with E-state index in [0.29, 0.717) is 6.10 Å². The molecule has 0 aliphatic carbocycles. The van der Waals surface area contributed by atoms with Gasteiger partial charge in [0.2, 0.25) is 0 Å². The zero-order valence-corrected chi connectivity index (χ0v) is 11.2. The number of ether oxygens (including phenoxy) is 1. The Balaban J connectivity index is 3.45.